The van der Waals surface area contributed by atoms with Crippen molar-refractivity contribution in [2.24, 2.45) is 0 Å². The zero-order valence-electron chi connectivity index (χ0n) is 17.5. The number of para-hydroxylation sites is 1. The van der Waals surface area contributed by atoms with Gasteiger partial charge in [-0.3, -0.25) is 0 Å². The quantitative estimate of drug-likeness (QED) is 0.492. The lowest BCUT2D eigenvalue weighted by atomic mass is 10.0. The molecule has 0 aliphatic rings. The molecule has 164 valence electrons. The fourth-order valence-corrected chi connectivity index (χ4v) is 3.09. The molecule has 0 spiro atoms. The van der Waals surface area contributed by atoms with Gasteiger partial charge in [-0.05, 0) is 23.1 Å². The van der Waals surface area contributed by atoms with Crippen LogP contribution in [0.4, 0.5) is 0 Å². The van der Waals surface area contributed by atoms with E-state index in [9.17, 15) is 0 Å². The molecule has 0 bridgehead atoms. The SMILES string of the molecule is COc1cccc(CNCc2ccc(OC)c3ccccc23)c1OC.O=C(O)C(=O)O. The summed E-state index contributed by atoms with van der Waals surface area (Å²) in [6.07, 6.45) is 0. The fourth-order valence-electron chi connectivity index (χ4n) is 3.09. The van der Waals surface area contributed by atoms with Crippen molar-refractivity contribution in [3.8, 4) is 17.2 Å². The fraction of sp³-hybridized carbons (Fsp3) is 0.217. The highest BCUT2D eigenvalue weighted by atomic mass is 16.5. The number of carboxylic acids is 2. The number of carbonyl (C=O) groups is 2. The first-order valence-corrected chi connectivity index (χ1v) is 9.34. The second kappa shape index (κ2) is 11.4. The van der Waals surface area contributed by atoms with Crippen molar-refractivity contribution in [2.45, 2.75) is 13.1 Å². The Hall–Kier alpha value is -3.78. The van der Waals surface area contributed by atoms with E-state index < -0.39 is 11.9 Å². The molecule has 0 heterocycles. The average molecular weight is 427 g/mol. The van der Waals surface area contributed by atoms with Gasteiger partial charge in [0.15, 0.2) is 11.5 Å². The minimum atomic E-state index is -1.82. The molecule has 0 amide bonds. The maximum absolute atomic E-state index is 9.10. The molecule has 3 aromatic rings. The summed E-state index contributed by atoms with van der Waals surface area (Å²) < 4.78 is 16.3. The topological polar surface area (TPSA) is 114 Å². The zero-order chi connectivity index (χ0) is 22.8. The monoisotopic (exact) mass is 427 g/mol. The summed E-state index contributed by atoms with van der Waals surface area (Å²) in [7, 11) is 5.02. The number of aliphatic carboxylic acids is 2. The van der Waals surface area contributed by atoms with Crippen LogP contribution in [0.2, 0.25) is 0 Å². The molecule has 0 aromatic heterocycles. The Kier molecular flexibility index (Phi) is 8.65. The van der Waals surface area contributed by atoms with E-state index in [1.54, 1.807) is 21.3 Å². The lowest BCUT2D eigenvalue weighted by Gasteiger charge is -2.14. The highest BCUT2D eigenvalue weighted by molar-refractivity contribution is 6.27. The van der Waals surface area contributed by atoms with Gasteiger partial charge >= 0.3 is 11.9 Å². The van der Waals surface area contributed by atoms with E-state index in [0.717, 1.165) is 34.7 Å². The maximum atomic E-state index is 9.10. The molecule has 3 aromatic carbocycles. The van der Waals surface area contributed by atoms with Crippen molar-refractivity contribution in [3.63, 3.8) is 0 Å². The van der Waals surface area contributed by atoms with E-state index in [2.05, 4.69) is 29.6 Å². The van der Waals surface area contributed by atoms with E-state index in [1.165, 1.54) is 10.9 Å². The third-order valence-corrected chi connectivity index (χ3v) is 4.49. The molecule has 0 saturated carbocycles. The van der Waals surface area contributed by atoms with Crippen LogP contribution in [-0.4, -0.2) is 43.5 Å². The Labute approximate surface area is 180 Å². The highest BCUT2D eigenvalue weighted by Gasteiger charge is 2.10. The third kappa shape index (κ3) is 6.10. The predicted molar refractivity (Wildman–Crippen MR) is 116 cm³/mol. The van der Waals surface area contributed by atoms with Crippen LogP contribution in [-0.2, 0) is 22.7 Å². The summed E-state index contributed by atoms with van der Waals surface area (Å²) in [6.45, 7) is 1.45. The van der Waals surface area contributed by atoms with Crippen molar-refractivity contribution >= 4 is 22.7 Å². The number of nitrogens with one attached hydrogen (secondary N) is 1. The van der Waals surface area contributed by atoms with Crippen molar-refractivity contribution in [1.82, 2.24) is 5.32 Å². The van der Waals surface area contributed by atoms with Gasteiger partial charge in [0.1, 0.15) is 5.75 Å². The minimum Gasteiger partial charge on any atom is -0.496 e. The van der Waals surface area contributed by atoms with Crippen LogP contribution < -0.4 is 19.5 Å². The van der Waals surface area contributed by atoms with Crippen molar-refractivity contribution in [1.29, 1.82) is 0 Å². The van der Waals surface area contributed by atoms with Crippen LogP contribution in [0, 0.1) is 0 Å². The van der Waals surface area contributed by atoms with E-state index in [1.807, 2.05) is 30.3 Å². The molecule has 8 nitrogen and oxygen atoms in total. The van der Waals surface area contributed by atoms with Crippen LogP contribution in [0.5, 0.6) is 17.2 Å². The number of ether oxygens (including phenoxy) is 3. The summed E-state index contributed by atoms with van der Waals surface area (Å²) >= 11 is 0. The summed E-state index contributed by atoms with van der Waals surface area (Å²) in [6, 6.07) is 18.3. The van der Waals surface area contributed by atoms with Gasteiger partial charge in [0.05, 0.1) is 21.3 Å². The molecule has 0 aliphatic carbocycles. The number of carboxylic acid groups (broad SMARTS) is 2. The lowest BCUT2D eigenvalue weighted by molar-refractivity contribution is -0.159. The van der Waals surface area contributed by atoms with E-state index in [-0.39, 0.29) is 0 Å². The van der Waals surface area contributed by atoms with Crippen molar-refractivity contribution in [3.05, 3.63) is 65.7 Å². The molecule has 0 radical (unpaired) electrons. The smallest absolute Gasteiger partial charge is 0.414 e. The van der Waals surface area contributed by atoms with Gasteiger partial charge in [-0.1, -0.05) is 42.5 Å². The van der Waals surface area contributed by atoms with Crippen molar-refractivity contribution in [2.75, 3.05) is 21.3 Å². The first-order valence-electron chi connectivity index (χ1n) is 9.34. The Morgan fingerprint density at radius 3 is 1.90 bits per heavy atom. The Balaban J connectivity index is 0.000000501. The zero-order valence-corrected chi connectivity index (χ0v) is 17.5. The number of fused-ring (bicyclic) bond motifs is 1. The van der Waals surface area contributed by atoms with Crippen LogP contribution >= 0.6 is 0 Å². The van der Waals surface area contributed by atoms with Crippen LogP contribution in [0.1, 0.15) is 11.1 Å². The standard InChI is InChI=1S/C21H23NO3.C2H2O4/c1-23-19-12-11-15(17-8-4-5-9-18(17)19)13-22-14-16-7-6-10-20(24-2)21(16)25-3;3-1(4)2(5)6/h4-12,22H,13-14H2,1-3H3;(H,3,4)(H,5,6). The number of benzene rings is 3. The van der Waals surface area contributed by atoms with Gasteiger partial charge in [0.25, 0.3) is 0 Å². The molecule has 0 aliphatic heterocycles. The lowest BCUT2D eigenvalue weighted by Crippen LogP contribution is -2.14. The van der Waals surface area contributed by atoms with Gasteiger partial charge in [-0.15, -0.1) is 0 Å². The van der Waals surface area contributed by atoms with Gasteiger partial charge in [-0.25, -0.2) is 9.59 Å². The molecule has 3 N–H and O–H groups in total. The van der Waals surface area contributed by atoms with E-state index in [0.29, 0.717) is 6.54 Å². The first-order chi connectivity index (χ1) is 14.9. The number of hydrogen-bond donors (Lipinski definition) is 3. The van der Waals surface area contributed by atoms with Crippen molar-refractivity contribution < 1.29 is 34.0 Å². The number of rotatable bonds is 7. The van der Waals surface area contributed by atoms with Gasteiger partial charge in [0.2, 0.25) is 0 Å². The predicted octanol–water partition coefficient (Wildman–Crippen LogP) is 3.31. The van der Waals surface area contributed by atoms with E-state index >= 15 is 0 Å². The molecule has 0 atom stereocenters. The van der Waals surface area contributed by atoms with Crippen LogP contribution in [0.3, 0.4) is 0 Å². The number of methoxy groups -OCH3 is 3. The molecular formula is C23H25NO7. The van der Waals surface area contributed by atoms with E-state index in [4.69, 9.17) is 34.0 Å². The van der Waals surface area contributed by atoms with Crippen LogP contribution in [0.15, 0.2) is 54.6 Å². The largest absolute Gasteiger partial charge is 0.496 e. The molecule has 31 heavy (non-hydrogen) atoms. The Bertz CT molecular complexity index is 1040. The summed E-state index contributed by atoms with van der Waals surface area (Å²) in [5, 5.41) is 20.6. The first kappa shape index (κ1) is 23.5. The minimum absolute atomic E-state index is 0.695. The molecule has 0 unspecified atom stereocenters. The molecular weight excluding hydrogens is 402 g/mol. The summed E-state index contributed by atoms with van der Waals surface area (Å²) in [4.78, 5) is 18.2. The Morgan fingerprint density at radius 2 is 1.32 bits per heavy atom. The second-order valence-corrected chi connectivity index (χ2v) is 6.34. The average Bonchev–Trinajstić information content (AvgIpc) is 2.79. The maximum Gasteiger partial charge on any atom is 0.414 e. The van der Waals surface area contributed by atoms with Crippen LogP contribution in [0.25, 0.3) is 10.8 Å². The summed E-state index contributed by atoms with van der Waals surface area (Å²) in [5.41, 5.74) is 2.30. The molecule has 3 rings (SSSR count). The molecule has 8 heteroatoms. The molecule has 0 fully saturated rings. The van der Waals surface area contributed by atoms with Gasteiger partial charge < -0.3 is 29.7 Å². The number of hydrogen-bond acceptors (Lipinski definition) is 6. The van der Waals surface area contributed by atoms with Gasteiger partial charge in [0, 0.05) is 24.0 Å². The van der Waals surface area contributed by atoms with Gasteiger partial charge in [-0.2, -0.15) is 0 Å². The highest BCUT2D eigenvalue weighted by Crippen LogP contribution is 2.31. The third-order valence-electron chi connectivity index (χ3n) is 4.49. The second-order valence-electron chi connectivity index (χ2n) is 6.34. The normalized spacial score (nSPS) is 10.0. The molecule has 0 saturated heterocycles. The Morgan fingerprint density at radius 1 is 0.710 bits per heavy atom. The summed E-state index contributed by atoms with van der Waals surface area (Å²) in [5.74, 6) is -1.23.